The number of hydrogen-bond donors (Lipinski definition) is 0. The van der Waals surface area contributed by atoms with Crippen LogP contribution in [0.4, 0.5) is 0 Å². The van der Waals surface area contributed by atoms with E-state index in [1.54, 1.807) is 6.20 Å². The SMILES string of the molecule is c1cncc(-c2ccc(OCCN3CCOCC3)cc2)c1. The molecule has 0 bridgehead atoms. The number of morpholine rings is 1. The maximum absolute atomic E-state index is 5.80. The molecule has 0 amide bonds. The Balaban J connectivity index is 1.50. The average Bonchev–Trinajstić information content (AvgIpc) is 2.57. The van der Waals surface area contributed by atoms with Gasteiger partial charge in [-0.3, -0.25) is 9.88 Å². The normalized spacial score (nSPS) is 15.8. The van der Waals surface area contributed by atoms with Crippen LogP contribution in [0.1, 0.15) is 0 Å². The van der Waals surface area contributed by atoms with Gasteiger partial charge >= 0.3 is 0 Å². The monoisotopic (exact) mass is 284 g/mol. The predicted octanol–water partition coefficient (Wildman–Crippen LogP) is 2.46. The lowest BCUT2D eigenvalue weighted by Crippen LogP contribution is -2.38. The van der Waals surface area contributed by atoms with Crippen molar-refractivity contribution in [3.8, 4) is 16.9 Å². The van der Waals surface area contributed by atoms with Crippen LogP contribution in [0, 0.1) is 0 Å². The summed E-state index contributed by atoms with van der Waals surface area (Å²) in [6.07, 6.45) is 3.65. The van der Waals surface area contributed by atoms with Crippen molar-refractivity contribution in [2.45, 2.75) is 0 Å². The lowest BCUT2D eigenvalue weighted by Gasteiger charge is -2.26. The summed E-state index contributed by atoms with van der Waals surface area (Å²) in [5, 5.41) is 0. The van der Waals surface area contributed by atoms with Crippen LogP contribution in [0.5, 0.6) is 5.75 Å². The van der Waals surface area contributed by atoms with Gasteiger partial charge in [0.1, 0.15) is 12.4 Å². The summed E-state index contributed by atoms with van der Waals surface area (Å²) in [5.41, 5.74) is 2.28. The van der Waals surface area contributed by atoms with Gasteiger partial charge in [-0.1, -0.05) is 18.2 Å². The Morgan fingerprint density at radius 3 is 2.57 bits per heavy atom. The summed E-state index contributed by atoms with van der Waals surface area (Å²) < 4.78 is 11.1. The molecule has 4 nitrogen and oxygen atoms in total. The molecule has 21 heavy (non-hydrogen) atoms. The van der Waals surface area contributed by atoms with Crippen molar-refractivity contribution < 1.29 is 9.47 Å². The first kappa shape index (κ1) is 14.0. The van der Waals surface area contributed by atoms with Crippen molar-refractivity contribution >= 4 is 0 Å². The maximum Gasteiger partial charge on any atom is 0.119 e. The number of aromatic nitrogens is 1. The molecule has 1 aromatic carbocycles. The standard InChI is InChI=1S/C17H20N2O2/c1-2-16(14-18-7-1)15-3-5-17(6-4-15)21-13-10-19-8-11-20-12-9-19/h1-7,14H,8-13H2. The molecular formula is C17H20N2O2. The molecule has 4 heteroatoms. The van der Waals surface area contributed by atoms with Gasteiger partial charge < -0.3 is 9.47 Å². The Morgan fingerprint density at radius 1 is 1.05 bits per heavy atom. The van der Waals surface area contributed by atoms with Gasteiger partial charge in [0.25, 0.3) is 0 Å². The van der Waals surface area contributed by atoms with E-state index in [1.807, 2.05) is 24.4 Å². The van der Waals surface area contributed by atoms with Crippen molar-refractivity contribution in [2.24, 2.45) is 0 Å². The minimum Gasteiger partial charge on any atom is -0.492 e. The fourth-order valence-electron chi connectivity index (χ4n) is 2.39. The molecule has 0 N–H and O–H groups in total. The molecule has 0 radical (unpaired) electrons. The number of nitrogens with zero attached hydrogens (tertiary/aromatic N) is 2. The fraction of sp³-hybridized carbons (Fsp3) is 0.353. The van der Waals surface area contributed by atoms with Gasteiger partial charge in [-0.05, 0) is 29.3 Å². The van der Waals surface area contributed by atoms with E-state index in [2.05, 4.69) is 28.1 Å². The third kappa shape index (κ3) is 4.03. The van der Waals surface area contributed by atoms with Crippen molar-refractivity contribution in [3.63, 3.8) is 0 Å². The van der Waals surface area contributed by atoms with Crippen molar-refractivity contribution in [1.82, 2.24) is 9.88 Å². The van der Waals surface area contributed by atoms with Crippen LogP contribution in [-0.2, 0) is 4.74 Å². The van der Waals surface area contributed by atoms with E-state index in [0.29, 0.717) is 6.61 Å². The van der Waals surface area contributed by atoms with Gasteiger partial charge in [0.2, 0.25) is 0 Å². The Labute approximate surface area is 125 Å². The van der Waals surface area contributed by atoms with Gasteiger partial charge in [-0.25, -0.2) is 0 Å². The second-order valence-electron chi connectivity index (χ2n) is 5.07. The lowest BCUT2D eigenvalue weighted by molar-refractivity contribution is 0.0322. The zero-order valence-electron chi connectivity index (χ0n) is 12.1. The molecular weight excluding hydrogens is 264 g/mol. The molecule has 0 unspecified atom stereocenters. The van der Waals surface area contributed by atoms with Gasteiger partial charge in [-0.2, -0.15) is 0 Å². The van der Waals surface area contributed by atoms with E-state index in [-0.39, 0.29) is 0 Å². The van der Waals surface area contributed by atoms with E-state index >= 15 is 0 Å². The first-order chi connectivity index (χ1) is 10.4. The van der Waals surface area contributed by atoms with Crippen LogP contribution in [0.15, 0.2) is 48.8 Å². The van der Waals surface area contributed by atoms with Crippen LogP contribution in [0.2, 0.25) is 0 Å². The van der Waals surface area contributed by atoms with E-state index in [0.717, 1.165) is 49.7 Å². The maximum atomic E-state index is 5.80. The Hall–Kier alpha value is -1.91. The average molecular weight is 284 g/mol. The number of benzene rings is 1. The summed E-state index contributed by atoms with van der Waals surface area (Å²) in [4.78, 5) is 6.51. The number of ether oxygens (including phenoxy) is 2. The van der Waals surface area contributed by atoms with Gasteiger partial charge in [0.15, 0.2) is 0 Å². The van der Waals surface area contributed by atoms with E-state index < -0.39 is 0 Å². The summed E-state index contributed by atoms with van der Waals surface area (Å²) in [6, 6.07) is 12.2. The third-order valence-corrected chi connectivity index (χ3v) is 3.63. The molecule has 1 saturated heterocycles. The quantitative estimate of drug-likeness (QED) is 0.845. The van der Waals surface area contributed by atoms with Crippen LogP contribution >= 0.6 is 0 Å². The van der Waals surface area contributed by atoms with Crippen LogP contribution in [0.25, 0.3) is 11.1 Å². The third-order valence-electron chi connectivity index (χ3n) is 3.63. The van der Waals surface area contributed by atoms with E-state index in [4.69, 9.17) is 9.47 Å². The Bertz CT molecular complexity index is 536. The van der Waals surface area contributed by atoms with E-state index in [1.165, 1.54) is 0 Å². The Morgan fingerprint density at radius 2 is 1.86 bits per heavy atom. The highest BCUT2D eigenvalue weighted by atomic mass is 16.5. The van der Waals surface area contributed by atoms with Crippen molar-refractivity contribution in [1.29, 1.82) is 0 Å². The summed E-state index contributed by atoms with van der Waals surface area (Å²) in [7, 11) is 0. The first-order valence-electron chi connectivity index (χ1n) is 7.35. The summed E-state index contributed by atoms with van der Waals surface area (Å²) in [6.45, 7) is 5.34. The van der Waals surface area contributed by atoms with Crippen molar-refractivity contribution in [3.05, 3.63) is 48.8 Å². The molecule has 0 aliphatic carbocycles. The fourth-order valence-corrected chi connectivity index (χ4v) is 2.39. The predicted molar refractivity (Wildman–Crippen MR) is 82.4 cm³/mol. The lowest BCUT2D eigenvalue weighted by atomic mass is 10.1. The zero-order valence-corrected chi connectivity index (χ0v) is 12.1. The number of hydrogen-bond acceptors (Lipinski definition) is 4. The molecule has 1 aliphatic heterocycles. The molecule has 2 aromatic rings. The van der Waals surface area contributed by atoms with E-state index in [9.17, 15) is 0 Å². The minimum absolute atomic E-state index is 0.715. The molecule has 2 heterocycles. The second kappa shape index (κ2) is 7.20. The van der Waals surface area contributed by atoms with Gasteiger partial charge in [-0.15, -0.1) is 0 Å². The molecule has 1 fully saturated rings. The molecule has 1 aliphatic rings. The molecule has 0 saturated carbocycles. The molecule has 0 spiro atoms. The first-order valence-corrected chi connectivity index (χ1v) is 7.35. The van der Waals surface area contributed by atoms with Crippen LogP contribution in [0.3, 0.4) is 0 Å². The highest BCUT2D eigenvalue weighted by Crippen LogP contribution is 2.21. The molecule has 3 rings (SSSR count). The summed E-state index contributed by atoms with van der Waals surface area (Å²) in [5.74, 6) is 0.913. The topological polar surface area (TPSA) is 34.6 Å². The largest absolute Gasteiger partial charge is 0.492 e. The van der Waals surface area contributed by atoms with Crippen LogP contribution < -0.4 is 4.74 Å². The van der Waals surface area contributed by atoms with Gasteiger partial charge in [0, 0.05) is 32.0 Å². The highest BCUT2D eigenvalue weighted by molar-refractivity contribution is 5.62. The smallest absolute Gasteiger partial charge is 0.119 e. The van der Waals surface area contributed by atoms with Crippen LogP contribution in [-0.4, -0.2) is 49.3 Å². The highest BCUT2D eigenvalue weighted by Gasteiger charge is 2.09. The number of pyridine rings is 1. The van der Waals surface area contributed by atoms with Crippen molar-refractivity contribution in [2.75, 3.05) is 39.5 Å². The molecule has 1 aromatic heterocycles. The van der Waals surface area contributed by atoms with Gasteiger partial charge in [0.05, 0.1) is 13.2 Å². The zero-order chi connectivity index (χ0) is 14.3. The molecule has 0 atom stereocenters. The summed E-state index contributed by atoms with van der Waals surface area (Å²) >= 11 is 0. The molecule has 110 valence electrons. The Kier molecular flexibility index (Phi) is 4.82. The minimum atomic E-state index is 0.715. The second-order valence-corrected chi connectivity index (χ2v) is 5.07. The number of rotatable bonds is 5.